The molecule has 70 valence electrons. The highest BCUT2D eigenvalue weighted by atomic mass is 35.5. The summed E-state index contributed by atoms with van der Waals surface area (Å²) in [4.78, 5) is 0. The first-order valence-corrected chi connectivity index (χ1v) is 4.85. The molecule has 3 rings (SSSR count). The molecule has 0 unspecified atom stereocenters. The lowest BCUT2D eigenvalue weighted by molar-refractivity contribution is 0.628. The zero-order valence-electron chi connectivity index (χ0n) is 7.38. The van der Waals surface area contributed by atoms with Gasteiger partial charge >= 0.3 is 0 Å². The lowest BCUT2D eigenvalue weighted by atomic mass is 10.1. The number of nitrogens with one attached hydrogen (secondary N) is 1. The molecule has 1 aliphatic rings. The van der Waals surface area contributed by atoms with Crippen LogP contribution in [0.25, 0.3) is 17.0 Å². The number of benzene rings is 1. The van der Waals surface area contributed by atoms with Gasteiger partial charge in [-0.15, -0.1) is 0 Å². The molecule has 1 aliphatic heterocycles. The van der Waals surface area contributed by atoms with Gasteiger partial charge < -0.3 is 9.73 Å². The van der Waals surface area contributed by atoms with Crippen molar-refractivity contribution in [2.24, 2.45) is 0 Å². The van der Waals surface area contributed by atoms with Gasteiger partial charge in [-0.2, -0.15) is 0 Å². The van der Waals surface area contributed by atoms with E-state index in [9.17, 15) is 0 Å². The molecule has 0 atom stereocenters. The Kier molecular flexibility index (Phi) is 1.58. The molecule has 3 heteroatoms. The van der Waals surface area contributed by atoms with Gasteiger partial charge in [0.25, 0.3) is 0 Å². The summed E-state index contributed by atoms with van der Waals surface area (Å²) in [7, 11) is 0. The van der Waals surface area contributed by atoms with Gasteiger partial charge in [0, 0.05) is 17.5 Å². The SMILES string of the molecule is Clc1cccc2c3c(oc12)NCC=C3. The highest BCUT2D eigenvalue weighted by Gasteiger charge is 2.15. The number of para-hydroxylation sites is 1. The third-order valence-electron chi connectivity index (χ3n) is 2.37. The summed E-state index contributed by atoms with van der Waals surface area (Å²) in [5.74, 6) is 0.815. The highest BCUT2D eigenvalue weighted by Crippen LogP contribution is 2.36. The maximum absolute atomic E-state index is 6.03. The van der Waals surface area contributed by atoms with Crippen molar-refractivity contribution in [2.75, 3.05) is 11.9 Å². The molecule has 0 radical (unpaired) electrons. The van der Waals surface area contributed by atoms with E-state index in [4.69, 9.17) is 16.0 Å². The van der Waals surface area contributed by atoms with Crippen LogP contribution in [0.1, 0.15) is 5.56 Å². The normalized spacial score (nSPS) is 14.1. The van der Waals surface area contributed by atoms with Crippen LogP contribution in [0.5, 0.6) is 0 Å². The number of anilines is 1. The number of fused-ring (bicyclic) bond motifs is 3. The number of furan rings is 1. The fourth-order valence-corrected chi connectivity index (χ4v) is 1.94. The van der Waals surface area contributed by atoms with Gasteiger partial charge in [0.15, 0.2) is 5.58 Å². The van der Waals surface area contributed by atoms with Crippen molar-refractivity contribution in [3.8, 4) is 0 Å². The van der Waals surface area contributed by atoms with E-state index in [-0.39, 0.29) is 0 Å². The van der Waals surface area contributed by atoms with Gasteiger partial charge in [0.2, 0.25) is 5.88 Å². The molecule has 0 spiro atoms. The Morgan fingerprint density at radius 2 is 2.29 bits per heavy atom. The number of hydrogen-bond donors (Lipinski definition) is 1. The Labute approximate surface area is 86.2 Å². The summed E-state index contributed by atoms with van der Waals surface area (Å²) in [6, 6.07) is 5.78. The van der Waals surface area contributed by atoms with Crippen LogP contribution in [0, 0.1) is 0 Å². The van der Waals surface area contributed by atoms with E-state index in [2.05, 4.69) is 17.5 Å². The summed E-state index contributed by atoms with van der Waals surface area (Å²) < 4.78 is 5.63. The van der Waals surface area contributed by atoms with Gasteiger partial charge in [-0.25, -0.2) is 0 Å². The van der Waals surface area contributed by atoms with Crippen LogP contribution < -0.4 is 5.32 Å². The minimum atomic E-state index is 0.659. The van der Waals surface area contributed by atoms with E-state index in [1.54, 1.807) is 0 Å². The predicted molar refractivity (Wildman–Crippen MR) is 58.7 cm³/mol. The Balaban J connectivity index is 2.43. The standard InChI is InChI=1S/C11H8ClNO/c12-9-5-1-3-7-8-4-2-6-13-11(8)14-10(7)9/h1-5,13H,6H2. The molecule has 1 aromatic heterocycles. The van der Waals surface area contributed by atoms with Crippen molar-refractivity contribution < 1.29 is 4.42 Å². The quantitative estimate of drug-likeness (QED) is 0.712. The van der Waals surface area contributed by atoms with E-state index >= 15 is 0 Å². The van der Waals surface area contributed by atoms with E-state index in [1.807, 2.05) is 18.2 Å². The highest BCUT2D eigenvalue weighted by molar-refractivity contribution is 6.35. The van der Waals surface area contributed by atoms with Crippen molar-refractivity contribution >= 4 is 34.5 Å². The molecule has 0 saturated carbocycles. The summed E-state index contributed by atoms with van der Waals surface area (Å²) in [5.41, 5.74) is 1.85. The Hall–Kier alpha value is -1.41. The molecule has 0 bridgehead atoms. The topological polar surface area (TPSA) is 25.2 Å². The van der Waals surface area contributed by atoms with Crippen molar-refractivity contribution in [2.45, 2.75) is 0 Å². The number of hydrogen-bond acceptors (Lipinski definition) is 2. The van der Waals surface area contributed by atoms with Crippen molar-refractivity contribution in [3.05, 3.63) is 34.9 Å². The average Bonchev–Trinajstić information content (AvgIpc) is 2.59. The van der Waals surface area contributed by atoms with Gasteiger partial charge in [0.1, 0.15) is 0 Å². The van der Waals surface area contributed by atoms with Gasteiger partial charge in [0.05, 0.1) is 5.02 Å². The molecule has 2 nitrogen and oxygen atoms in total. The second-order valence-corrected chi connectivity index (χ2v) is 3.65. The molecular formula is C11H8ClNO. The Morgan fingerprint density at radius 1 is 1.36 bits per heavy atom. The van der Waals surface area contributed by atoms with Crippen molar-refractivity contribution in [1.29, 1.82) is 0 Å². The summed E-state index contributed by atoms with van der Waals surface area (Å²) >= 11 is 6.03. The minimum absolute atomic E-state index is 0.659. The monoisotopic (exact) mass is 205 g/mol. The van der Waals surface area contributed by atoms with E-state index in [1.165, 1.54) is 0 Å². The fourth-order valence-electron chi connectivity index (χ4n) is 1.73. The maximum atomic E-state index is 6.03. The Bertz CT molecular complexity index is 527. The third kappa shape index (κ3) is 0.976. The second kappa shape index (κ2) is 2.79. The first-order chi connectivity index (χ1) is 6.86. The van der Waals surface area contributed by atoms with E-state index in [0.717, 1.165) is 29.0 Å². The minimum Gasteiger partial charge on any atom is -0.439 e. The zero-order chi connectivity index (χ0) is 9.54. The summed E-state index contributed by atoms with van der Waals surface area (Å²) in [6.07, 6.45) is 4.13. The Morgan fingerprint density at radius 3 is 3.21 bits per heavy atom. The second-order valence-electron chi connectivity index (χ2n) is 3.24. The fraction of sp³-hybridized carbons (Fsp3) is 0.0909. The molecule has 1 aromatic carbocycles. The molecule has 0 amide bonds. The van der Waals surface area contributed by atoms with Crippen molar-refractivity contribution in [1.82, 2.24) is 0 Å². The molecule has 0 fully saturated rings. The van der Waals surface area contributed by atoms with E-state index in [0.29, 0.717) is 5.02 Å². The van der Waals surface area contributed by atoms with Gasteiger partial charge in [-0.1, -0.05) is 35.9 Å². The molecule has 2 aromatic rings. The lowest BCUT2D eigenvalue weighted by Crippen LogP contribution is -2.01. The lowest BCUT2D eigenvalue weighted by Gasteiger charge is -2.04. The predicted octanol–water partition coefficient (Wildman–Crippen LogP) is 3.52. The number of halogens is 1. The van der Waals surface area contributed by atoms with Crippen LogP contribution in [-0.2, 0) is 0 Å². The largest absolute Gasteiger partial charge is 0.439 e. The smallest absolute Gasteiger partial charge is 0.201 e. The average molecular weight is 206 g/mol. The van der Waals surface area contributed by atoms with Gasteiger partial charge in [-0.05, 0) is 6.07 Å². The van der Waals surface area contributed by atoms with Crippen LogP contribution >= 0.6 is 11.6 Å². The van der Waals surface area contributed by atoms with Crippen LogP contribution in [0.4, 0.5) is 5.88 Å². The summed E-state index contributed by atoms with van der Waals surface area (Å²) in [6.45, 7) is 0.810. The van der Waals surface area contributed by atoms with Crippen LogP contribution in [0.2, 0.25) is 5.02 Å². The molecule has 0 saturated heterocycles. The third-order valence-corrected chi connectivity index (χ3v) is 2.67. The summed E-state index contributed by atoms with van der Waals surface area (Å²) in [5, 5.41) is 4.89. The van der Waals surface area contributed by atoms with E-state index < -0.39 is 0 Å². The molecular weight excluding hydrogens is 198 g/mol. The molecule has 0 aliphatic carbocycles. The van der Waals surface area contributed by atoms with Crippen LogP contribution in [0.3, 0.4) is 0 Å². The molecule has 2 heterocycles. The van der Waals surface area contributed by atoms with Crippen LogP contribution in [-0.4, -0.2) is 6.54 Å². The van der Waals surface area contributed by atoms with Crippen molar-refractivity contribution in [3.63, 3.8) is 0 Å². The zero-order valence-corrected chi connectivity index (χ0v) is 8.14. The maximum Gasteiger partial charge on any atom is 0.201 e. The van der Waals surface area contributed by atoms with Crippen LogP contribution in [0.15, 0.2) is 28.7 Å². The molecule has 1 N–H and O–H groups in total. The first kappa shape index (κ1) is 7.94. The first-order valence-electron chi connectivity index (χ1n) is 4.48. The molecule has 14 heavy (non-hydrogen) atoms. The van der Waals surface area contributed by atoms with Gasteiger partial charge in [-0.3, -0.25) is 0 Å². The number of rotatable bonds is 0.